The van der Waals surface area contributed by atoms with Crippen molar-refractivity contribution in [1.82, 2.24) is 0 Å². The SMILES string of the molecule is Fc1cccc(CCl)c1N(CC1CC1)C1CC1. The van der Waals surface area contributed by atoms with Gasteiger partial charge in [0.1, 0.15) is 5.82 Å². The van der Waals surface area contributed by atoms with E-state index in [4.69, 9.17) is 11.6 Å². The first-order valence-corrected chi connectivity index (χ1v) is 6.93. The quantitative estimate of drug-likeness (QED) is 0.719. The van der Waals surface area contributed by atoms with E-state index in [0.29, 0.717) is 11.9 Å². The molecular formula is C14H17ClFN. The molecule has 2 saturated carbocycles. The Kier molecular flexibility index (Phi) is 2.99. The fraction of sp³-hybridized carbons (Fsp3) is 0.571. The van der Waals surface area contributed by atoms with Crippen molar-refractivity contribution in [1.29, 1.82) is 0 Å². The molecule has 0 N–H and O–H groups in total. The molecule has 0 atom stereocenters. The fourth-order valence-corrected chi connectivity index (χ4v) is 2.59. The topological polar surface area (TPSA) is 3.24 Å². The van der Waals surface area contributed by atoms with Crippen molar-refractivity contribution in [3.8, 4) is 0 Å². The Morgan fingerprint density at radius 3 is 2.59 bits per heavy atom. The number of alkyl halides is 1. The lowest BCUT2D eigenvalue weighted by atomic mass is 10.1. The van der Waals surface area contributed by atoms with Crippen LogP contribution < -0.4 is 4.90 Å². The molecule has 2 aliphatic rings. The van der Waals surface area contributed by atoms with Gasteiger partial charge in [-0.25, -0.2) is 4.39 Å². The average molecular weight is 254 g/mol. The van der Waals surface area contributed by atoms with Crippen molar-refractivity contribution < 1.29 is 4.39 Å². The maximum atomic E-state index is 14.0. The van der Waals surface area contributed by atoms with E-state index in [1.807, 2.05) is 6.07 Å². The number of hydrogen-bond donors (Lipinski definition) is 0. The molecule has 0 saturated heterocycles. The van der Waals surface area contributed by atoms with Crippen LogP contribution in [-0.4, -0.2) is 12.6 Å². The Bertz CT molecular complexity index is 413. The smallest absolute Gasteiger partial charge is 0.146 e. The van der Waals surface area contributed by atoms with E-state index in [-0.39, 0.29) is 5.82 Å². The molecule has 0 bridgehead atoms. The third-order valence-corrected chi connectivity index (χ3v) is 3.93. The molecule has 0 heterocycles. The van der Waals surface area contributed by atoms with E-state index in [1.54, 1.807) is 12.1 Å². The molecular weight excluding hydrogens is 237 g/mol. The first kappa shape index (κ1) is 11.3. The van der Waals surface area contributed by atoms with Crippen LogP contribution in [0.3, 0.4) is 0 Å². The summed E-state index contributed by atoms with van der Waals surface area (Å²) in [6, 6.07) is 5.79. The Labute approximate surface area is 107 Å². The molecule has 0 amide bonds. The molecule has 0 aromatic heterocycles. The summed E-state index contributed by atoms with van der Waals surface area (Å²) in [6.07, 6.45) is 4.99. The molecule has 0 radical (unpaired) electrons. The predicted octanol–water partition coefficient (Wildman–Crippen LogP) is 3.94. The van der Waals surface area contributed by atoms with Crippen molar-refractivity contribution in [2.75, 3.05) is 11.4 Å². The fourth-order valence-electron chi connectivity index (χ4n) is 2.38. The summed E-state index contributed by atoms with van der Waals surface area (Å²) in [5.41, 5.74) is 1.69. The molecule has 92 valence electrons. The Morgan fingerprint density at radius 2 is 2.00 bits per heavy atom. The minimum absolute atomic E-state index is 0.115. The molecule has 3 heteroatoms. The van der Waals surface area contributed by atoms with Gasteiger partial charge in [-0.2, -0.15) is 0 Å². The zero-order valence-electron chi connectivity index (χ0n) is 9.83. The summed E-state index contributed by atoms with van der Waals surface area (Å²) in [5.74, 6) is 1.05. The zero-order valence-corrected chi connectivity index (χ0v) is 10.6. The predicted molar refractivity (Wildman–Crippen MR) is 69.0 cm³/mol. The van der Waals surface area contributed by atoms with Crippen molar-refractivity contribution in [2.45, 2.75) is 37.6 Å². The second-order valence-corrected chi connectivity index (χ2v) is 5.48. The highest BCUT2D eigenvalue weighted by Gasteiger charge is 2.35. The summed E-state index contributed by atoms with van der Waals surface area (Å²) in [5, 5.41) is 0. The van der Waals surface area contributed by atoms with Crippen molar-refractivity contribution >= 4 is 17.3 Å². The lowest BCUT2D eigenvalue weighted by Crippen LogP contribution is -2.29. The van der Waals surface area contributed by atoms with Gasteiger partial charge >= 0.3 is 0 Å². The molecule has 1 aromatic rings. The minimum atomic E-state index is -0.115. The maximum absolute atomic E-state index is 14.0. The van der Waals surface area contributed by atoms with Crippen LogP contribution in [0.25, 0.3) is 0 Å². The molecule has 2 fully saturated rings. The van der Waals surface area contributed by atoms with Gasteiger partial charge in [0.25, 0.3) is 0 Å². The molecule has 1 aromatic carbocycles. The van der Waals surface area contributed by atoms with Gasteiger partial charge in [-0.1, -0.05) is 12.1 Å². The van der Waals surface area contributed by atoms with Crippen LogP contribution in [0.15, 0.2) is 18.2 Å². The second kappa shape index (κ2) is 4.49. The van der Waals surface area contributed by atoms with Crippen LogP contribution >= 0.6 is 11.6 Å². The van der Waals surface area contributed by atoms with E-state index < -0.39 is 0 Å². The Morgan fingerprint density at radius 1 is 1.24 bits per heavy atom. The third kappa shape index (κ3) is 2.42. The maximum Gasteiger partial charge on any atom is 0.146 e. The van der Waals surface area contributed by atoms with E-state index in [9.17, 15) is 4.39 Å². The highest BCUT2D eigenvalue weighted by molar-refractivity contribution is 6.17. The number of hydrogen-bond acceptors (Lipinski definition) is 1. The standard InChI is InChI=1S/C14H17ClFN/c15-8-11-2-1-3-13(16)14(11)17(12-6-7-12)9-10-4-5-10/h1-3,10,12H,4-9H2. The Hall–Kier alpha value is -0.760. The van der Waals surface area contributed by atoms with Gasteiger partial charge in [0.2, 0.25) is 0 Å². The molecule has 0 aliphatic heterocycles. The highest BCUT2D eigenvalue weighted by atomic mass is 35.5. The van der Waals surface area contributed by atoms with Crippen molar-refractivity contribution in [3.63, 3.8) is 0 Å². The molecule has 17 heavy (non-hydrogen) atoms. The molecule has 3 rings (SSSR count). The highest BCUT2D eigenvalue weighted by Crippen LogP contribution is 2.40. The normalized spacial score (nSPS) is 19.4. The molecule has 1 nitrogen and oxygen atoms in total. The zero-order chi connectivity index (χ0) is 11.8. The van der Waals surface area contributed by atoms with E-state index in [2.05, 4.69) is 4.90 Å². The average Bonchev–Trinajstić information content (AvgIpc) is 3.17. The van der Waals surface area contributed by atoms with Crippen LogP contribution in [0, 0.1) is 11.7 Å². The van der Waals surface area contributed by atoms with Crippen LogP contribution in [0.1, 0.15) is 31.2 Å². The van der Waals surface area contributed by atoms with Gasteiger partial charge in [-0.3, -0.25) is 0 Å². The summed E-state index contributed by atoms with van der Waals surface area (Å²) in [7, 11) is 0. The lowest BCUT2D eigenvalue weighted by molar-refractivity contribution is 0.607. The number of halogens is 2. The van der Waals surface area contributed by atoms with Crippen LogP contribution in [0.2, 0.25) is 0 Å². The van der Waals surface area contributed by atoms with Gasteiger partial charge in [0.05, 0.1) is 5.69 Å². The van der Waals surface area contributed by atoms with Gasteiger partial charge in [-0.05, 0) is 43.2 Å². The van der Waals surface area contributed by atoms with E-state index in [1.165, 1.54) is 25.7 Å². The van der Waals surface area contributed by atoms with Crippen molar-refractivity contribution in [3.05, 3.63) is 29.6 Å². The van der Waals surface area contributed by atoms with Gasteiger partial charge in [-0.15, -0.1) is 11.6 Å². The first-order chi connectivity index (χ1) is 8.29. The lowest BCUT2D eigenvalue weighted by Gasteiger charge is -2.27. The number of anilines is 1. The summed E-state index contributed by atoms with van der Waals surface area (Å²) < 4.78 is 14.0. The molecule has 0 unspecified atom stereocenters. The summed E-state index contributed by atoms with van der Waals surface area (Å²) >= 11 is 5.93. The van der Waals surface area contributed by atoms with Gasteiger partial charge in [0, 0.05) is 18.5 Å². The molecule has 2 aliphatic carbocycles. The van der Waals surface area contributed by atoms with Crippen LogP contribution in [-0.2, 0) is 5.88 Å². The summed E-state index contributed by atoms with van der Waals surface area (Å²) in [6.45, 7) is 1.01. The minimum Gasteiger partial charge on any atom is -0.366 e. The van der Waals surface area contributed by atoms with Crippen LogP contribution in [0.4, 0.5) is 10.1 Å². The second-order valence-electron chi connectivity index (χ2n) is 5.21. The monoisotopic (exact) mass is 253 g/mol. The number of para-hydroxylation sites is 1. The summed E-state index contributed by atoms with van der Waals surface area (Å²) in [4.78, 5) is 2.27. The van der Waals surface area contributed by atoms with Crippen LogP contribution in [0.5, 0.6) is 0 Å². The first-order valence-electron chi connectivity index (χ1n) is 6.39. The number of rotatable bonds is 5. The molecule has 0 spiro atoms. The number of benzene rings is 1. The van der Waals surface area contributed by atoms with Gasteiger partial charge < -0.3 is 4.90 Å². The van der Waals surface area contributed by atoms with Crippen molar-refractivity contribution in [2.24, 2.45) is 5.92 Å². The largest absolute Gasteiger partial charge is 0.366 e. The third-order valence-electron chi connectivity index (χ3n) is 3.64. The Balaban J connectivity index is 1.92. The van der Waals surface area contributed by atoms with E-state index in [0.717, 1.165) is 23.7 Å². The van der Waals surface area contributed by atoms with Gasteiger partial charge in [0.15, 0.2) is 0 Å². The van der Waals surface area contributed by atoms with E-state index >= 15 is 0 Å². The number of nitrogens with zero attached hydrogens (tertiary/aromatic N) is 1.